The topological polar surface area (TPSA) is 116 Å². The Hall–Kier alpha value is -0.270. The first-order valence-electron chi connectivity index (χ1n) is 4.14. The second-order valence-corrected chi connectivity index (χ2v) is 4.59. The largest absolute Gasteiger partial charge is 0.387 e. The minimum absolute atomic E-state index is 0.617. The molecule has 1 saturated heterocycles. The zero-order valence-corrected chi connectivity index (χ0v) is 8.82. The van der Waals surface area contributed by atoms with Gasteiger partial charge >= 0.3 is 7.60 Å². The second kappa shape index (κ2) is 4.71. The van der Waals surface area contributed by atoms with Crippen LogP contribution >= 0.6 is 7.60 Å². The summed E-state index contributed by atoms with van der Waals surface area (Å²) in [4.78, 5) is 17.1. The van der Waals surface area contributed by atoms with Crippen LogP contribution in [0.1, 0.15) is 0 Å². The lowest BCUT2D eigenvalue weighted by atomic mass is 10.1. The maximum absolute atomic E-state index is 10.5. The molecule has 1 aliphatic rings. The summed E-state index contributed by atoms with van der Waals surface area (Å²) in [5.74, 6) is 0.617. The molecular formula is C7H13O7P. The molecule has 0 aromatic rings. The first kappa shape index (κ1) is 12.8. The van der Waals surface area contributed by atoms with Gasteiger partial charge < -0.3 is 29.5 Å². The van der Waals surface area contributed by atoms with E-state index in [2.05, 4.69) is 0 Å². The van der Waals surface area contributed by atoms with E-state index in [1.54, 1.807) is 0 Å². The zero-order chi connectivity index (χ0) is 11.6. The molecule has 0 aliphatic carbocycles. The van der Waals surface area contributed by atoms with Gasteiger partial charge in [-0.25, -0.2) is 0 Å². The normalized spacial score (nSPS) is 37.7. The highest BCUT2D eigenvalue weighted by molar-refractivity contribution is 7.55. The van der Waals surface area contributed by atoms with Crippen LogP contribution in [0.3, 0.4) is 0 Å². The molecule has 0 radical (unpaired) electrons. The van der Waals surface area contributed by atoms with Crippen LogP contribution in [0.4, 0.5) is 0 Å². The molecule has 1 aliphatic heterocycles. The third-order valence-electron chi connectivity index (χ3n) is 1.99. The zero-order valence-electron chi connectivity index (χ0n) is 7.92. The lowest BCUT2D eigenvalue weighted by Crippen LogP contribution is -2.33. The Morgan fingerprint density at radius 1 is 1.40 bits per heavy atom. The van der Waals surface area contributed by atoms with Gasteiger partial charge in [-0.3, -0.25) is 4.57 Å². The Morgan fingerprint density at radius 3 is 2.40 bits per heavy atom. The summed E-state index contributed by atoms with van der Waals surface area (Å²) < 4.78 is 20.1. The number of hydrogen-bond acceptors (Lipinski definition) is 5. The number of aliphatic hydroxyl groups excluding tert-OH is 2. The van der Waals surface area contributed by atoms with Crippen LogP contribution in [-0.4, -0.2) is 51.7 Å². The third-order valence-corrected chi connectivity index (χ3v) is 2.55. The summed E-state index contributed by atoms with van der Waals surface area (Å²) in [5.41, 5.74) is 0. The Morgan fingerprint density at radius 2 is 2.00 bits per heavy atom. The fraction of sp³-hybridized carbons (Fsp3) is 0.714. The van der Waals surface area contributed by atoms with Gasteiger partial charge in [0, 0.05) is 12.9 Å². The molecule has 0 amide bonds. The Kier molecular flexibility index (Phi) is 4.02. The van der Waals surface area contributed by atoms with Crippen molar-refractivity contribution in [2.75, 3.05) is 7.11 Å². The molecule has 1 fully saturated rings. The molecule has 0 bridgehead atoms. The number of rotatable bonds is 3. The lowest BCUT2D eigenvalue weighted by molar-refractivity contribution is -0.130. The smallest absolute Gasteiger partial charge is 0.348 e. The van der Waals surface area contributed by atoms with Crippen LogP contribution < -0.4 is 0 Å². The quantitative estimate of drug-likeness (QED) is 0.456. The van der Waals surface area contributed by atoms with Gasteiger partial charge in [0.25, 0.3) is 0 Å². The van der Waals surface area contributed by atoms with Gasteiger partial charge in [-0.05, 0) is 6.08 Å². The summed E-state index contributed by atoms with van der Waals surface area (Å²) in [6, 6.07) is 0. The van der Waals surface area contributed by atoms with Crippen LogP contribution in [0.25, 0.3) is 0 Å². The van der Waals surface area contributed by atoms with Crippen molar-refractivity contribution in [2.45, 2.75) is 24.6 Å². The predicted octanol–water partition coefficient (Wildman–Crippen LogP) is -1.23. The summed E-state index contributed by atoms with van der Waals surface area (Å²) in [6.45, 7) is 0. The molecule has 0 spiro atoms. The van der Waals surface area contributed by atoms with Crippen LogP contribution in [0.15, 0.2) is 11.9 Å². The molecule has 1 rings (SSSR count). The molecule has 15 heavy (non-hydrogen) atoms. The molecule has 88 valence electrons. The molecule has 1 heterocycles. The van der Waals surface area contributed by atoms with Crippen LogP contribution in [0.5, 0.6) is 0 Å². The van der Waals surface area contributed by atoms with Crippen molar-refractivity contribution in [1.29, 1.82) is 0 Å². The molecule has 1 unspecified atom stereocenters. The van der Waals surface area contributed by atoms with Crippen LogP contribution in [-0.2, 0) is 14.0 Å². The third kappa shape index (κ3) is 3.35. The molecule has 4 atom stereocenters. The highest BCUT2D eigenvalue weighted by atomic mass is 31.2. The van der Waals surface area contributed by atoms with E-state index in [0.29, 0.717) is 5.82 Å². The first-order valence-corrected chi connectivity index (χ1v) is 5.82. The molecule has 0 aromatic carbocycles. The Labute approximate surface area is 86.1 Å². The number of methoxy groups -OCH3 is 1. The SMILES string of the molecule is CO[C@H]1C(O)[C@@H](/C=C/P(=O)(O)O)O[C@H]1O. The molecule has 8 heteroatoms. The maximum Gasteiger partial charge on any atom is 0.348 e. The monoisotopic (exact) mass is 240 g/mol. The van der Waals surface area contributed by atoms with Crippen molar-refractivity contribution < 1.29 is 34.0 Å². The maximum atomic E-state index is 10.5. The predicted molar refractivity (Wildman–Crippen MR) is 48.9 cm³/mol. The first-order chi connectivity index (χ1) is 6.85. The fourth-order valence-electron chi connectivity index (χ4n) is 1.29. The van der Waals surface area contributed by atoms with Gasteiger partial charge in [0.1, 0.15) is 18.3 Å². The van der Waals surface area contributed by atoms with Gasteiger partial charge in [-0.15, -0.1) is 0 Å². The second-order valence-electron chi connectivity index (χ2n) is 3.11. The lowest BCUT2D eigenvalue weighted by Gasteiger charge is -2.13. The minimum atomic E-state index is -4.29. The number of ether oxygens (including phenoxy) is 2. The summed E-state index contributed by atoms with van der Waals surface area (Å²) >= 11 is 0. The summed E-state index contributed by atoms with van der Waals surface area (Å²) in [6.07, 6.45) is -3.37. The summed E-state index contributed by atoms with van der Waals surface area (Å²) in [5, 5.41) is 18.7. The number of hydrogen-bond donors (Lipinski definition) is 4. The van der Waals surface area contributed by atoms with Crippen molar-refractivity contribution >= 4 is 7.60 Å². The molecule has 7 nitrogen and oxygen atoms in total. The van der Waals surface area contributed by atoms with E-state index in [1.165, 1.54) is 7.11 Å². The van der Waals surface area contributed by atoms with E-state index in [1.807, 2.05) is 0 Å². The standard InChI is InChI=1S/C7H13O7P/c1-13-6-5(8)4(14-7(6)9)2-3-15(10,11)12/h2-9H,1H3,(H2,10,11,12)/b3-2+/t4-,5?,6+,7-/m1/s1. The van der Waals surface area contributed by atoms with Crippen molar-refractivity contribution in [1.82, 2.24) is 0 Å². The van der Waals surface area contributed by atoms with E-state index in [0.717, 1.165) is 6.08 Å². The highest BCUT2D eigenvalue weighted by Gasteiger charge is 2.42. The molecule has 4 N–H and O–H groups in total. The van der Waals surface area contributed by atoms with Crippen molar-refractivity contribution in [2.24, 2.45) is 0 Å². The van der Waals surface area contributed by atoms with E-state index < -0.39 is 32.2 Å². The van der Waals surface area contributed by atoms with Gasteiger partial charge in [0.2, 0.25) is 0 Å². The Balaban J connectivity index is 2.67. The van der Waals surface area contributed by atoms with E-state index in [4.69, 9.17) is 19.3 Å². The van der Waals surface area contributed by atoms with Gasteiger partial charge in [-0.1, -0.05) is 0 Å². The van der Waals surface area contributed by atoms with Crippen molar-refractivity contribution in [3.8, 4) is 0 Å². The fourth-order valence-corrected chi connectivity index (χ4v) is 1.68. The minimum Gasteiger partial charge on any atom is -0.387 e. The highest BCUT2D eigenvalue weighted by Crippen LogP contribution is 2.37. The van der Waals surface area contributed by atoms with Gasteiger partial charge in [-0.2, -0.15) is 0 Å². The Bertz CT molecular complexity index is 285. The average Bonchev–Trinajstić information content (AvgIpc) is 2.37. The van der Waals surface area contributed by atoms with Crippen LogP contribution in [0.2, 0.25) is 0 Å². The van der Waals surface area contributed by atoms with Gasteiger partial charge in [0.15, 0.2) is 6.29 Å². The van der Waals surface area contributed by atoms with Gasteiger partial charge in [0.05, 0.1) is 0 Å². The van der Waals surface area contributed by atoms with Crippen molar-refractivity contribution in [3.63, 3.8) is 0 Å². The van der Waals surface area contributed by atoms with E-state index >= 15 is 0 Å². The number of aliphatic hydroxyl groups is 2. The molecular weight excluding hydrogens is 227 g/mol. The molecule has 0 aromatic heterocycles. The van der Waals surface area contributed by atoms with Crippen LogP contribution in [0, 0.1) is 0 Å². The summed E-state index contributed by atoms with van der Waals surface area (Å²) in [7, 11) is -3.00. The average molecular weight is 240 g/mol. The van der Waals surface area contributed by atoms with E-state index in [-0.39, 0.29) is 0 Å². The van der Waals surface area contributed by atoms with Crippen molar-refractivity contribution in [3.05, 3.63) is 11.9 Å². The molecule has 0 saturated carbocycles. The van der Waals surface area contributed by atoms with E-state index in [9.17, 15) is 14.8 Å².